The number of halogens is 1. The summed E-state index contributed by atoms with van der Waals surface area (Å²) >= 11 is 0. The van der Waals surface area contributed by atoms with E-state index in [4.69, 9.17) is 5.11 Å². The molecule has 0 saturated carbocycles. The Kier molecular flexibility index (Phi) is 6.38. The van der Waals surface area contributed by atoms with Gasteiger partial charge in [-0.3, -0.25) is 0 Å². The first kappa shape index (κ1) is 10.4. The van der Waals surface area contributed by atoms with Crippen molar-refractivity contribution in [3.63, 3.8) is 0 Å². The predicted molar refractivity (Wildman–Crippen MR) is 36.5 cm³/mol. The van der Waals surface area contributed by atoms with Crippen molar-refractivity contribution >= 4 is 0 Å². The lowest BCUT2D eigenvalue weighted by atomic mass is 10.1. The molecule has 3 heteroatoms. The van der Waals surface area contributed by atoms with Gasteiger partial charge in [0.1, 0.15) is 6.54 Å². The number of nitrogens with one attached hydrogen (secondary N) is 1. The van der Waals surface area contributed by atoms with E-state index in [2.05, 4.69) is 0 Å². The highest BCUT2D eigenvalue weighted by molar-refractivity contribution is 4.45. The van der Waals surface area contributed by atoms with E-state index in [9.17, 15) is 0 Å². The van der Waals surface area contributed by atoms with Crippen LogP contribution in [0.2, 0.25) is 0 Å². The van der Waals surface area contributed by atoms with E-state index in [0.717, 1.165) is 6.54 Å². The van der Waals surface area contributed by atoms with Gasteiger partial charge in [-0.2, -0.15) is 0 Å². The summed E-state index contributed by atoms with van der Waals surface area (Å²) in [6, 6.07) is 0. The normalized spacial score (nSPS) is 20.1. The summed E-state index contributed by atoms with van der Waals surface area (Å²) in [5, 5.41) is 8.60. The number of quaternary nitrogens is 1. The van der Waals surface area contributed by atoms with E-state index in [0.29, 0.717) is 6.61 Å². The van der Waals surface area contributed by atoms with Crippen LogP contribution in [0.3, 0.4) is 0 Å². The van der Waals surface area contributed by atoms with Gasteiger partial charge in [-0.15, -0.1) is 0 Å². The van der Waals surface area contributed by atoms with Crippen molar-refractivity contribution in [3.8, 4) is 0 Å². The fourth-order valence-corrected chi connectivity index (χ4v) is 1.46. The molecule has 0 aliphatic carbocycles. The minimum Gasteiger partial charge on any atom is -1.00 e. The average Bonchev–Trinajstić information content (AvgIpc) is 1.91. The molecule has 0 amide bonds. The lowest BCUT2D eigenvalue weighted by Gasteiger charge is -2.22. The van der Waals surface area contributed by atoms with Crippen LogP contribution in [0.4, 0.5) is 0 Å². The van der Waals surface area contributed by atoms with Crippen molar-refractivity contribution < 1.29 is 27.0 Å². The predicted octanol–water partition coefficient (Wildman–Crippen LogP) is -3.95. The van der Waals surface area contributed by atoms with Gasteiger partial charge in [0.15, 0.2) is 0 Å². The van der Waals surface area contributed by atoms with Crippen LogP contribution < -0.4 is 21.9 Å². The first-order chi connectivity index (χ1) is 4.43. The third kappa shape index (κ3) is 3.54. The Morgan fingerprint density at radius 2 is 1.70 bits per heavy atom. The van der Waals surface area contributed by atoms with Gasteiger partial charge < -0.3 is 27.0 Å². The molecule has 10 heavy (non-hydrogen) atoms. The molecular weight excluding hydrogens is 194 g/mol. The van der Waals surface area contributed by atoms with Gasteiger partial charge in [0.25, 0.3) is 0 Å². The lowest BCUT2D eigenvalue weighted by molar-refractivity contribution is -0.905. The molecular formula is C7H16BrNO. The molecule has 1 heterocycles. The number of piperidine rings is 1. The molecule has 1 aliphatic rings. The first-order valence-corrected chi connectivity index (χ1v) is 3.88. The number of likely N-dealkylation sites (tertiary alicyclic amines) is 1. The molecule has 2 N–H and O–H groups in total. The third-order valence-electron chi connectivity index (χ3n) is 2.03. The van der Waals surface area contributed by atoms with Gasteiger partial charge in [0.2, 0.25) is 0 Å². The largest absolute Gasteiger partial charge is 1.00 e. The molecule has 0 spiro atoms. The Morgan fingerprint density at radius 1 is 1.10 bits per heavy atom. The summed E-state index contributed by atoms with van der Waals surface area (Å²) < 4.78 is 0. The fraction of sp³-hybridized carbons (Fsp3) is 1.00. The summed E-state index contributed by atoms with van der Waals surface area (Å²) in [5.41, 5.74) is 0. The molecule has 1 saturated heterocycles. The minimum atomic E-state index is 0. The van der Waals surface area contributed by atoms with Crippen molar-refractivity contribution in [1.29, 1.82) is 0 Å². The Hall–Kier alpha value is 0.400. The summed E-state index contributed by atoms with van der Waals surface area (Å²) in [6.45, 7) is 3.87. The van der Waals surface area contributed by atoms with Gasteiger partial charge in [0, 0.05) is 0 Å². The van der Waals surface area contributed by atoms with E-state index in [-0.39, 0.29) is 17.0 Å². The zero-order valence-electron chi connectivity index (χ0n) is 6.27. The highest BCUT2D eigenvalue weighted by atomic mass is 79.9. The van der Waals surface area contributed by atoms with Crippen LogP contribution in [0, 0.1) is 0 Å². The van der Waals surface area contributed by atoms with Crippen LogP contribution in [0.15, 0.2) is 0 Å². The SMILES string of the molecule is OCC[NH+]1CCCCC1.[Br-]. The number of hydrogen-bond acceptors (Lipinski definition) is 1. The standard InChI is InChI=1S/C7H15NO.BrH/c9-7-6-8-4-2-1-3-5-8;/h9H,1-7H2;1H. The van der Waals surface area contributed by atoms with Crippen molar-refractivity contribution in [3.05, 3.63) is 0 Å². The Balaban J connectivity index is 0.000000810. The summed E-state index contributed by atoms with van der Waals surface area (Å²) in [7, 11) is 0. The summed E-state index contributed by atoms with van der Waals surface area (Å²) in [6.07, 6.45) is 4.11. The highest BCUT2D eigenvalue weighted by Gasteiger charge is 2.11. The second kappa shape index (κ2) is 6.13. The summed E-state index contributed by atoms with van der Waals surface area (Å²) in [5.74, 6) is 0. The Morgan fingerprint density at radius 3 is 2.20 bits per heavy atom. The van der Waals surface area contributed by atoms with Crippen LogP contribution in [0.5, 0.6) is 0 Å². The van der Waals surface area contributed by atoms with Gasteiger partial charge in [-0.1, -0.05) is 0 Å². The monoisotopic (exact) mass is 209 g/mol. The van der Waals surface area contributed by atoms with Crippen LogP contribution in [0.1, 0.15) is 19.3 Å². The van der Waals surface area contributed by atoms with E-state index in [1.165, 1.54) is 32.4 Å². The van der Waals surface area contributed by atoms with E-state index in [1.54, 1.807) is 4.90 Å². The molecule has 0 aromatic heterocycles. The number of hydrogen-bond donors (Lipinski definition) is 2. The van der Waals surface area contributed by atoms with Crippen LogP contribution >= 0.6 is 0 Å². The number of aliphatic hydroxyl groups is 1. The van der Waals surface area contributed by atoms with Crippen molar-refractivity contribution in [1.82, 2.24) is 0 Å². The number of aliphatic hydroxyl groups excluding tert-OH is 1. The molecule has 62 valence electrons. The third-order valence-corrected chi connectivity index (χ3v) is 2.03. The molecule has 1 fully saturated rings. The van der Waals surface area contributed by atoms with Gasteiger partial charge in [-0.05, 0) is 19.3 Å². The molecule has 0 radical (unpaired) electrons. The van der Waals surface area contributed by atoms with Gasteiger partial charge >= 0.3 is 0 Å². The second-order valence-corrected chi connectivity index (χ2v) is 2.78. The zero-order chi connectivity index (χ0) is 6.53. The lowest BCUT2D eigenvalue weighted by Crippen LogP contribution is -3.13. The van der Waals surface area contributed by atoms with Crippen LogP contribution in [-0.2, 0) is 0 Å². The minimum absolute atomic E-state index is 0. The van der Waals surface area contributed by atoms with Crippen molar-refractivity contribution in [2.45, 2.75) is 19.3 Å². The first-order valence-electron chi connectivity index (χ1n) is 3.88. The molecule has 2 nitrogen and oxygen atoms in total. The Labute approximate surface area is 73.0 Å². The van der Waals surface area contributed by atoms with Crippen LogP contribution in [-0.4, -0.2) is 31.3 Å². The van der Waals surface area contributed by atoms with E-state index < -0.39 is 0 Å². The Bertz CT molecular complexity index is 71.3. The fourth-order valence-electron chi connectivity index (χ4n) is 1.46. The topological polar surface area (TPSA) is 24.7 Å². The smallest absolute Gasteiger partial charge is 0.101 e. The molecule has 1 rings (SSSR count). The molecule has 0 bridgehead atoms. The molecule has 0 aromatic carbocycles. The summed E-state index contributed by atoms with van der Waals surface area (Å²) in [4.78, 5) is 1.59. The maximum atomic E-state index is 8.60. The number of rotatable bonds is 2. The van der Waals surface area contributed by atoms with Gasteiger partial charge in [-0.25, -0.2) is 0 Å². The maximum absolute atomic E-state index is 8.60. The quantitative estimate of drug-likeness (QED) is 0.478. The van der Waals surface area contributed by atoms with Crippen molar-refractivity contribution in [2.24, 2.45) is 0 Å². The van der Waals surface area contributed by atoms with Gasteiger partial charge in [0.05, 0.1) is 19.7 Å². The molecule has 0 atom stereocenters. The van der Waals surface area contributed by atoms with E-state index >= 15 is 0 Å². The van der Waals surface area contributed by atoms with Crippen LogP contribution in [0.25, 0.3) is 0 Å². The molecule has 1 aliphatic heterocycles. The van der Waals surface area contributed by atoms with E-state index in [1.807, 2.05) is 0 Å². The average molecular weight is 210 g/mol. The maximum Gasteiger partial charge on any atom is 0.101 e. The second-order valence-electron chi connectivity index (χ2n) is 2.78. The zero-order valence-corrected chi connectivity index (χ0v) is 7.86. The highest BCUT2D eigenvalue weighted by Crippen LogP contribution is 1.93. The molecule has 0 unspecified atom stereocenters. The van der Waals surface area contributed by atoms with Crippen molar-refractivity contribution in [2.75, 3.05) is 26.2 Å². The molecule has 0 aromatic rings.